The van der Waals surface area contributed by atoms with Gasteiger partial charge in [-0.15, -0.1) is 11.3 Å². The summed E-state index contributed by atoms with van der Waals surface area (Å²) < 4.78 is 5.43. The molecule has 1 N–H and O–H groups in total. The van der Waals surface area contributed by atoms with Gasteiger partial charge in [0.15, 0.2) is 0 Å². The highest BCUT2D eigenvalue weighted by atomic mass is 32.1. The van der Waals surface area contributed by atoms with Crippen molar-refractivity contribution >= 4 is 22.3 Å². The predicted molar refractivity (Wildman–Crippen MR) is 69.2 cm³/mol. The summed E-state index contributed by atoms with van der Waals surface area (Å²) in [6.07, 6.45) is 1.79. The van der Waals surface area contributed by atoms with Gasteiger partial charge >= 0.3 is 0 Å². The first-order valence-electron chi connectivity index (χ1n) is 5.51. The van der Waals surface area contributed by atoms with Crippen molar-refractivity contribution in [3.05, 3.63) is 58.5 Å². The Kier molecular flexibility index (Phi) is 2.71. The molecule has 3 aromatic rings. The van der Waals surface area contributed by atoms with E-state index in [9.17, 15) is 5.11 Å². The Hall–Kier alpha value is -1.58. The van der Waals surface area contributed by atoms with E-state index in [0.717, 1.165) is 16.5 Å². The molecule has 3 heteroatoms. The van der Waals surface area contributed by atoms with Crippen LogP contribution in [0.25, 0.3) is 11.0 Å². The van der Waals surface area contributed by atoms with E-state index < -0.39 is 6.10 Å². The third kappa shape index (κ3) is 1.99. The largest absolute Gasteiger partial charge is 0.464 e. The number of hydrogen-bond donors (Lipinski definition) is 1. The predicted octanol–water partition coefficient (Wildman–Crippen LogP) is 3.77. The zero-order chi connectivity index (χ0) is 11.7. The number of thiophene rings is 1. The fraction of sp³-hybridized carbons (Fsp3) is 0.143. The highest BCUT2D eigenvalue weighted by molar-refractivity contribution is 7.09. The SMILES string of the molecule is OC(Cc1cccs1)c1coc2ccccc12. The molecule has 0 bridgehead atoms. The highest BCUT2D eigenvalue weighted by Gasteiger charge is 2.15. The van der Waals surface area contributed by atoms with Gasteiger partial charge < -0.3 is 9.52 Å². The van der Waals surface area contributed by atoms with Crippen LogP contribution in [-0.2, 0) is 6.42 Å². The molecular weight excluding hydrogens is 232 g/mol. The molecule has 0 fully saturated rings. The van der Waals surface area contributed by atoms with E-state index in [4.69, 9.17) is 4.42 Å². The molecule has 0 aliphatic rings. The molecule has 3 rings (SSSR count). The van der Waals surface area contributed by atoms with E-state index in [1.165, 1.54) is 4.88 Å². The lowest BCUT2D eigenvalue weighted by Crippen LogP contribution is -1.99. The van der Waals surface area contributed by atoms with Crippen LogP contribution in [0.3, 0.4) is 0 Å². The summed E-state index contributed by atoms with van der Waals surface area (Å²) in [6, 6.07) is 11.8. The van der Waals surface area contributed by atoms with E-state index >= 15 is 0 Å². The first kappa shape index (κ1) is 10.6. The van der Waals surface area contributed by atoms with Crippen molar-refractivity contribution in [2.45, 2.75) is 12.5 Å². The first-order chi connectivity index (χ1) is 8.34. The van der Waals surface area contributed by atoms with Gasteiger partial charge in [-0.05, 0) is 17.5 Å². The second-order valence-electron chi connectivity index (χ2n) is 3.99. The maximum atomic E-state index is 10.2. The van der Waals surface area contributed by atoms with E-state index in [1.807, 2.05) is 41.8 Å². The third-order valence-electron chi connectivity index (χ3n) is 2.84. The average Bonchev–Trinajstić information content (AvgIpc) is 2.96. The van der Waals surface area contributed by atoms with Crippen LogP contribution in [0.2, 0.25) is 0 Å². The monoisotopic (exact) mass is 244 g/mol. The van der Waals surface area contributed by atoms with Gasteiger partial charge in [0.05, 0.1) is 12.4 Å². The molecule has 1 atom stereocenters. The minimum absolute atomic E-state index is 0.503. The molecule has 0 aliphatic carbocycles. The molecule has 0 spiro atoms. The number of furan rings is 1. The lowest BCUT2D eigenvalue weighted by Gasteiger charge is -2.07. The minimum Gasteiger partial charge on any atom is -0.464 e. The molecule has 2 aromatic heterocycles. The van der Waals surface area contributed by atoms with Gasteiger partial charge in [-0.25, -0.2) is 0 Å². The summed E-state index contributed by atoms with van der Waals surface area (Å²) >= 11 is 1.66. The van der Waals surface area contributed by atoms with E-state index in [-0.39, 0.29) is 0 Å². The summed E-state index contributed by atoms with van der Waals surface area (Å²) in [6.45, 7) is 0. The molecule has 0 aliphatic heterocycles. The van der Waals surface area contributed by atoms with Crippen molar-refractivity contribution in [1.29, 1.82) is 0 Å². The van der Waals surface area contributed by atoms with Crippen molar-refractivity contribution in [2.75, 3.05) is 0 Å². The van der Waals surface area contributed by atoms with Crippen LogP contribution < -0.4 is 0 Å². The first-order valence-corrected chi connectivity index (χ1v) is 6.39. The molecule has 0 amide bonds. The highest BCUT2D eigenvalue weighted by Crippen LogP contribution is 2.29. The third-order valence-corrected chi connectivity index (χ3v) is 3.74. The van der Waals surface area contributed by atoms with E-state index in [2.05, 4.69) is 0 Å². The number of fused-ring (bicyclic) bond motifs is 1. The lowest BCUT2D eigenvalue weighted by molar-refractivity contribution is 0.180. The van der Waals surface area contributed by atoms with E-state index in [0.29, 0.717) is 6.42 Å². The summed E-state index contributed by atoms with van der Waals surface area (Å²) in [4.78, 5) is 1.18. The standard InChI is InChI=1S/C14H12O2S/c15-13(8-10-4-3-7-17-10)12-9-16-14-6-2-1-5-11(12)14/h1-7,9,13,15H,8H2. The van der Waals surface area contributed by atoms with Crippen LogP contribution in [0.15, 0.2) is 52.5 Å². The van der Waals surface area contributed by atoms with Crippen LogP contribution in [0, 0.1) is 0 Å². The molecule has 0 radical (unpaired) electrons. The number of aliphatic hydroxyl groups is 1. The molecule has 17 heavy (non-hydrogen) atoms. The lowest BCUT2D eigenvalue weighted by atomic mass is 10.1. The average molecular weight is 244 g/mol. The van der Waals surface area contributed by atoms with Crippen LogP contribution in [0.1, 0.15) is 16.5 Å². The normalized spacial score (nSPS) is 13.0. The molecule has 1 aromatic carbocycles. The molecule has 1 unspecified atom stereocenters. The number of rotatable bonds is 3. The topological polar surface area (TPSA) is 33.4 Å². The number of benzene rings is 1. The zero-order valence-corrected chi connectivity index (χ0v) is 9.98. The molecule has 0 saturated heterocycles. The van der Waals surface area contributed by atoms with Gasteiger partial charge in [-0.2, -0.15) is 0 Å². The quantitative estimate of drug-likeness (QED) is 0.760. The van der Waals surface area contributed by atoms with Gasteiger partial charge in [0, 0.05) is 22.2 Å². The summed E-state index contributed by atoms with van der Waals surface area (Å²) in [5.74, 6) is 0. The Labute approximate surface area is 103 Å². The molecular formula is C14H12O2S. The Morgan fingerprint density at radius 1 is 1.18 bits per heavy atom. The molecule has 86 valence electrons. The van der Waals surface area contributed by atoms with Crippen molar-refractivity contribution in [1.82, 2.24) is 0 Å². The van der Waals surface area contributed by atoms with E-state index in [1.54, 1.807) is 17.6 Å². The van der Waals surface area contributed by atoms with Gasteiger partial charge in [-0.1, -0.05) is 24.3 Å². The summed E-state index contributed by atoms with van der Waals surface area (Å²) in [5, 5.41) is 13.2. The van der Waals surface area contributed by atoms with Crippen molar-refractivity contribution in [3.8, 4) is 0 Å². The molecule has 2 nitrogen and oxygen atoms in total. The molecule has 0 saturated carbocycles. The Morgan fingerprint density at radius 2 is 2.06 bits per heavy atom. The van der Waals surface area contributed by atoms with Crippen LogP contribution in [0.4, 0.5) is 0 Å². The van der Waals surface area contributed by atoms with Crippen LogP contribution >= 0.6 is 11.3 Å². The maximum Gasteiger partial charge on any atom is 0.134 e. The smallest absolute Gasteiger partial charge is 0.134 e. The Morgan fingerprint density at radius 3 is 2.88 bits per heavy atom. The Bertz CT molecular complexity index is 610. The van der Waals surface area contributed by atoms with Crippen LogP contribution in [0.5, 0.6) is 0 Å². The minimum atomic E-state index is -0.503. The van der Waals surface area contributed by atoms with Crippen LogP contribution in [-0.4, -0.2) is 5.11 Å². The zero-order valence-electron chi connectivity index (χ0n) is 9.17. The number of para-hydroxylation sites is 1. The van der Waals surface area contributed by atoms with Crippen molar-refractivity contribution in [2.24, 2.45) is 0 Å². The van der Waals surface area contributed by atoms with Crippen molar-refractivity contribution < 1.29 is 9.52 Å². The molecule has 2 heterocycles. The summed E-state index contributed by atoms with van der Waals surface area (Å²) in [5.41, 5.74) is 1.70. The Balaban J connectivity index is 1.93. The second kappa shape index (κ2) is 4.35. The van der Waals surface area contributed by atoms with Crippen molar-refractivity contribution in [3.63, 3.8) is 0 Å². The number of aliphatic hydroxyl groups excluding tert-OH is 1. The number of hydrogen-bond acceptors (Lipinski definition) is 3. The van der Waals surface area contributed by atoms with Gasteiger partial charge in [-0.3, -0.25) is 0 Å². The van der Waals surface area contributed by atoms with Gasteiger partial charge in [0.25, 0.3) is 0 Å². The maximum absolute atomic E-state index is 10.2. The summed E-state index contributed by atoms with van der Waals surface area (Å²) in [7, 11) is 0. The van der Waals surface area contributed by atoms with Gasteiger partial charge in [0.2, 0.25) is 0 Å². The fourth-order valence-corrected chi connectivity index (χ4v) is 2.73. The fourth-order valence-electron chi connectivity index (χ4n) is 1.99. The second-order valence-corrected chi connectivity index (χ2v) is 5.02. The van der Waals surface area contributed by atoms with Gasteiger partial charge in [0.1, 0.15) is 5.58 Å².